The SMILES string of the molecule is Cc1c(NC(=O)N2CCN(CC(C)C)[C@@H](CCO)C2)cccc1C(N)=O. The third-order valence-electron chi connectivity index (χ3n) is 4.79. The molecule has 1 aromatic carbocycles. The number of nitrogens with one attached hydrogen (secondary N) is 1. The minimum Gasteiger partial charge on any atom is -0.396 e. The van der Waals surface area contributed by atoms with E-state index < -0.39 is 5.91 Å². The molecule has 2 rings (SSSR count). The number of aliphatic hydroxyl groups is 1. The second kappa shape index (κ2) is 9.00. The summed E-state index contributed by atoms with van der Waals surface area (Å²) in [5.41, 5.74) is 7.04. The van der Waals surface area contributed by atoms with Crippen LogP contribution in [0.1, 0.15) is 36.2 Å². The fourth-order valence-electron chi connectivity index (χ4n) is 3.44. The highest BCUT2D eigenvalue weighted by atomic mass is 16.3. The van der Waals surface area contributed by atoms with Crippen LogP contribution in [0.4, 0.5) is 10.5 Å². The van der Waals surface area contributed by atoms with E-state index in [-0.39, 0.29) is 18.7 Å². The molecule has 0 aliphatic carbocycles. The minimum absolute atomic E-state index is 0.106. The predicted molar refractivity (Wildman–Crippen MR) is 102 cm³/mol. The van der Waals surface area contributed by atoms with E-state index in [0.29, 0.717) is 42.2 Å². The number of rotatable bonds is 6. The van der Waals surface area contributed by atoms with Gasteiger partial charge >= 0.3 is 6.03 Å². The zero-order chi connectivity index (χ0) is 19.3. The highest BCUT2D eigenvalue weighted by Gasteiger charge is 2.29. The maximum absolute atomic E-state index is 12.7. The largest absolute Gasteiger partial charge is 0.396 e. The molecule has 1 saturated heterocycles. The molecule has 0 spiro atoms. The van der Waals surface area contributed by atoms with Gasteiger partial charge in [-0.1, -0.05) is 19.9 Å². The minimum atomic E-state index is -0.510. The maximum atomic E-state index is 12.7. The number of piperazine rings is 1. The van der Waals surface area contributed by atoms with Crippen LogP contribution >= 0.6 is 0 Å². The second-order valence-corrected chi connectivity index (χ2v) is 7.27. The van der Waals surface area contributed by atoms with Crippen molar-refractivity contribution in [1.29, 1.82) is 0 Å². The molecule has 0 aromatic heterocycles. The molecule has 0 bridgehead atoms. The molecule has 1 aliphatic rings. The van der Waals surface area contributed by atoms with E-state index in [1.54, 1.807) is 30.0 Å². The number of benzene rings is 1. The van der Waals surface area contributed by atoms with Crippen molar-refractivity contribution in [3.63, 3.8) is 0 Å². The summed E-state index contributed by atoms with van der Waals surface area (Å²) >= 11 is 0. The van der Waals surface area contributed by atoms with Crippen LogP contribution in [0.2, 0.25) is 0 Å². The molecule has 3 amide bonds. The zero-order valence-corrected chi connectivity index (χ0v) is 15.9. The molecule has 144 valence electrons. The Bertz CT molecular complexity index is 648. The maximum Gasteiger partial charge on any atom is 0.321 e. The first-order valence-electron chi connectivity index (χ1n) is 9.13. The molecule has 1 fully saturated rings. The number of carbonyl (C=O) groups excluding carboxylic acids is 2. The monoisotopic (exact) mass is 362 g/mol. The third-order valence-corrected chi connectivity index (χ3v) is 4.79. The van der Waals surface area contributed by atoms with Crippen molar-refractivity contribution in [2.24, 2.45) is 11.7 Å². The van der Waals surface area contributed by atoms with Crippen molar-refractivity contribution in [3.05, 3.63) is 29.3 Å². The van der Waals surface area contributed by atoms with E-state index >= 15 is 0 Å². The van der Waals surface area contributed by atoms with Gasteiger partial charge in [0.05, 0.1) is 0 Å². The first-order chi connectivity index (χ1) is 12.3. The van der Waals surface area contributed by atoms with Crippen molar-refractivity contribution < 1.29 is 14.7 Å². The summed E-state index contributed by atoms with van der Waals surface area (Å²) in [6.45, 7) is 9.17. The van der Waals surface area contributed by atoms with Crippen LogP contribution in [0.25, 0.3) is 0 Å². The summed E-state index contributed by atoms with van der Waals surface area (Å²) in [6, 6.07) is 5.08. The number of anilines is 1. The number of nitrogens with zero attached hydrogens (tertiary/aromatic N) is 2. The molecule has 1 aromatic rings. The van der Waals surface area contributed by atoms with E-state index in [9.17, 15) is 14.7 Å². The van der Waals surface area contributed by atoms with Gasteiger partial charge in [-0.05, 0) is 37.0 Å². The molecule has 0 unspecified atom stereocenters. The number of aliphatic hydroxyl groups excluding tert-OH is 1. The van der Waals surface area contributed by atoms with E-state index in [1.807, 2.05) is 0 Å². The Morgan fingerprint density at radius 1 is 1.35 bits per heavy atom. The number of hydrogen-bond donors (Lipinski definition) is 3. The summed E-state index contributed by atoms with van der Waals surface area (Å²) < 4.78 is 0. The number of nitrogens with two attached hydrogens (primary N) is 1. The van der Waals surface area contributed by atoms with Gasteiger partial charge in [0.15, 0.2) is 0 Å². The third kappa shape index (κ3) is 4.95. The van der Waals surface area contributed by atoms with Gasteiger partial charge in [-0.3, -0.25) is 9.69 Å². The number of amides is 3. The normalized spacial score (nSPS) is 18.2. The Labute approximate surface area is 155 Å². The van der Waals surface area contributed by atoms with Crippen molar-refractivity contribution in [1.82, 2.24) is 9.80 Å². The zero-order valence-electron chi connectivity index (χ0n) is 15.9. The Kier molecular flexibility index (Phi) is 6.99. The Balaban J connectivity index is 2.06. The number of urea groups is 1. The molecule has 7 nitrogen and oxygen atoms in total. The summed E-state index contributed by atoms with van der Waals surface area (Å²) in [6.07, 6.45) is 0.646. The molecule has 1 atom stereocenters. The summed E-state index contributed by atoms with van der Waals surface area (Å²) in [4.78, 5) is 28.3. The lowest BCUT2D eigenvalue weighted by atomic mass is 10.1. The molecule has 1 aliphatic heterocycles. The van der Waals surface area contributed by atoms with Crippen LogP contribution in [0.15, 0.2) is 18.2 Å². The first-order valence-corrected chi connectivity index (χ1v) is 9.13. The molecular formula is C19H30N4O3. The van der Waals surface area contributed by atoms with Gasteiger partial charge in [-0.2, -0.15) is 0 Å². The van der Waals surface area contributed by atoms with Crippen molar-refractivity contribution in [3.8, 4) is 0 Å². The van der Waals surface area contributed by atoms with Gasteiger partial charge in [0.25, 0.3) is 0 Å². The van der Waals surface area contributed by atoms with Crippen molar-refractivity contribution in [2.45, 2.75) is 33.2 Å². The quantitative estimate of drug-likeness (QED) is 0.716. The number of carbonyl (C=O) groups is 2. The lowest BCUT2D eigenvalue weighted by Gasteiger charge is -2.42. The van der Waals surface area contributed by atoms with Gasteiger partial charge in [0.2, 0.25) is 5.91 Å². The molecule has 1 heterocycles. The van der Waals surface area contributed by atoms with E-state index in [2.05, 4.69) is 24.1 Å². The van der Waals surface area contributed by atoms with Crippen molar-refractivity contribution >= 4 is 17.6 Å². The first kappa shape index (κ1) is 20.2. The molecule has 26 heavy (non-hydrogen) atoms. The topological polar surface area (TPSA) is 98.9 Å². The average molecular weight is 362 g/mol. The van der Waals surface area contributed by atoms with E-state index in [0.717, 1.165) is 13.1 Å². The number of hydrogen-bond acceptors (Lipinski definition) is 4. The highest BCUT2D eigenvalue weighted by molar-refractivity contribution is 5.98. The van der Waals surface area contributed by atoms with Crippen LogP contribution in [0, 0.1) is 12.8 Å². The standard InChI is InChI=1S/C19H30N4O3/c1-13(2)11-22-8-9-23(12-15(22)7-10-24)19(26)21-17-6-4-5-16(14(17)3)18(20)25/h4-6,13,15,24H,7-12H2,1-3H3,(H2,20,25)(H,21,26)/t15-/m0/s1. The molecule has 0 saturated carbocycles. The molecular weight excluding hydrogens is 332 g/mol. The van der Waals surface area contributed by atoms with E-state index in [4.69, 9.17) is 5.73 Å². The molecule has 0 radical (unpaired) electrons. The summed E-state index contributed by atoms with van der Waals surface area (Å²) in [5, 5.41) is 12.3. The molecule has 4 N–H and O–H groups in total. The fourth-order valence-corrected chi connectivity index (χ4v) is 3.44. The van der Waals surface area contributed by atoms with Gasteiger partial charge in [0.1, 0.15) is 0 Å². The predicted octanol–water partition coefficient (Wildman–Crippen LogP) is 1.65. The van der Waals surface area contributed by atoms with Gasteiger partial charge < -0.3 is 21.1 Å². The summed E-state index contributed by atoms with van der Waals surface area (Å²) in [7, 11) is 0. The fraction of sp³-hybridized carbons (Fsp3) is 0.579. The average Bonchev–Trinajstić information content (AvgIpc) is 2.57. The second-order valence-electron chi connectivity index (χ2n) is 7.27. The van der Waals surface area contributed by atoms with Gasteiger partial charge in [-0.25, -0.2) is 4.79 Å². The van der Waals surface area contributed by atoms with Gasteiger partial charge in [0, 0.05) is 50.1 Å². The number of primary amides is 1. The molecule has 7 heteroatoms. The lowest BCUT2D eigenvalue weighted by Crippen LogP contribution is -2.56. The Morgan fingerprint density at radius 3 is 2.69 bits per heavy atom. The van der Waals surface area contributed by atoms with Gasteiger partial charge in [-0.15, -0.1) is 0 Å². The summed E-state index contributed by atoms with van der Waals surface area (Å²) in [5.74, 6) is 0.0275. The van der Waals surface area contributed by atoms with E-state index in [1.165, 1.54) is 0 Å². The Hall–Kier alpha value is -2.12. The van der Waals surface area contributed by atoms with Crippen LogP contribution in [-0.4, -0.2) is 65.7 Å². The Morgan fingerprint density at radius 2 is 2.08 bits per heavy atom. The highest BCUT2D eigenvalue weighted by Crippen LogP contribution is 2.20. The van der Waals surface area contributed by atoms with Crippen LogP contribution in [-0.2, 0) is 0 Å². The van der Waals surface area contributed by atoms with Crippen molar-refractivity contribution in [2.75, 3.05) is 38.1 Å². The van der Waals surface area contributed by atoms with Crippen LogP contribution < -0.4 is 11.1 Å². The van der Waals surface area contributed by atoms with Crippen LogP contribution in [0.5, 0.6) is 0 Å². The lowest BCUT2D eigenvalue weighted by molar-refractivity contribution is 0.0689. The van der Waals surface area contributed by atoms with Crippen LogP contribution in [0.3, 0.4) is 0 Å². The smallest absolute Gasteiger partial charge is 0.321 e.